The second-order valence-corrected chi connectivity index (χ2v) is 9.54. The van der Waals surface area contributed by atoms with Crippen molar-refractivity contribution in [1.82, 2.24) is 30.1 Å². The van der Waals surface area contributed by atoms with Crippen molar-refractivity contribution in [2.45, 2.75) is 65.0 Å². The summed E-state index contributed by atoms with van der Waals surface area (Å²) in [6.45, 7) is 4.14. The number of halogens is 3. The number of benzene rings is 2. The standard InChI is InChI=1S/C29H30F3N7O2/c1-3-5-7-18-9-11-19(12-10-18)25-35-26(20-13-15-21(16-14-20)33-24(41)8-6-4-2)37-27(36-25)28-34-23(38-39-28)17-22(40)29(30,31)32/h9-16H,3-8,17H2,1-2H3,(H,33,41)(H,34,38,39). The molecule has 0 radical (unpaired) electrons. The fourth-order valence-electron chi connectivity index (χ4n) is 3.93. The lowest BCUT2D eigenvalue weighted by molar-refractivity contribution is -0.170. The molecule has 214 valence electrons. The van der Waals surface area contributed by atoms with Gasteiger partial charge in [-0.15, -0.1) is 5.10 Å². The number of aromatic nitrogens is 6. The highest BCUT2D eigenvalue weighted by molar-refractivity contribution is 5.91. The first-order valence-electron chi connectivity index (χ1n) is 13.4. The lowest BCUT2D eigenvalue weighted by atomic mass is 10.1. The number of hydrogen-bond donors (Lipinski definition) is 2. The number of carbonyl (C=O) groups excluding carboxylic acids is 2. The van der Waals surface area contributed by atoms with E-state index in [1.807, 2.05) is 31.2 Å². The number of aromatic amines is 1. The molecule has 0 aliphatic heterocycles. The van der Waals surface area contributed by atoms with E-state index in [2.05, 4.69) is 42.4 Å². The molecule has 12 heteroatoms. The lowest BCUT2D eigenvalue weighted by Crippen LogP contribution is -2.25. The van der Waals surface area contributed by atoms with Gasteiger partial charge >= 0.3 is 6.18 Å². The van der Waals surface area contributed by atoms with Crippen molar-refractivity contribution in [1.29, 1.82) is 0 Å². The topological polar surface area (TPSA) is 126 Å². The predicted molar refractivity (Wildman–Crippen MR) is 148 cm³/mol. The summed E-state index contributed by atoms with van der Waals surface area (Å²) in [4.78, 5) is 41.1. The van der Waals surface area contributed by atoms with Crippen molar-refractivity contribution in [3.05, 3.63) is 59.9 Å². The van der Waals surface area contributed by atoms with Crippen LogP contribution in [0, 0.1) is 0 Å². The zero-order valence-corrected chi connectivity index (χ0v) is 22.8. The number of Topliss-reactive ketones (excluding diaryl/α,β-unsaturated/α-hetero) is 1. The van der Waals surface area contributed by atoms with Gasteiger partial charge in [-0.1, -0.05) is 51.0 Å². The molecule has 2 N–H and O–H groups in total. The number of unbranched alkanes of at least 4 members (excludes halogenated alkanes) is 2. The first-order chi connectivity index (χ1) is 19.7. The molecule has 2 aromatic carbocycles. The van der Waals surface area contributed by atoms with E-state index in [9.17, 15) is 22.8 Å². The third-order valence-corrected chi connectivity index (χ3v) is 6.23. The third kappa shape index (κ3) is 8.03. The lowest BCUT2D eigenvalue weighted by Gasteiger charge is -2.09. The molecule has 0 bridgehead atoms. The van der Waals surface area contributed by atoms with Crippen LogP contribution in [0.4, 0.5) is 18.9 Å². The minimum absolute atomic E-state index is 0.0268. The molecule has 4 rings (SSSR count). The number of hydrogen-bond acceptors (Lipinski definition) is 7. The summed E-state index contributed by atoms with van der Waals surface area (Å²) in [5.74, 6) is -1.71. The zero-order valence-electron chi connectivity index (χ0n) is 22.8. The number of H-pyrrole nitrogens is 1. The Kier molecular flexibility index (Phi) is 9.53. The second kappa shape index (κ2) is 13.2. The maximum Gasteiger partial charge on any atom is 0.450 e. The highest BCUT2D eigenvalue weighted by Crippen LogP contribution is 2.25. The Morgan fingerprint density at radius 1 is 0.780 bits per heavy atom. The van der Waals surface area contributed by atoms with Gasteiger partial charge in [0.2, 0.25) is 23.3 Å². The number of rotatable bonds is 12. The van der Waals surface area contributed by atoms with Crippen molar-refractivity contribution in [2.75, 3.05) is 5.32 Å². The average Bonchev–Trinajstić information content (AvgIpc) is 3.43. The molecule has 0 saturated carbocycles. The summed E-state index contributed by atoms with van der Waals surface area (Å²) in [5, 5.41) is 9.18. The van der Waals surface area contributed by atoms with Crippen LogP contribution in [-0.2, 0) is 22.4 Å². The molecule has 9 nitrogen and oxygen atoms in total. The number of alkyl halides is 3. The molecule has 0 unspecified atom stereocenters. The van der Waals surface area contributed by atoms with Crippen LogP contribution in [0.15, 0.2) is 48.5 Å². The van der Waals surface area contributed by atoms with E-state index in [-0.39, 0.29) is 29.2 Å². The Labute approximate surface area is 235 Å². The summed E-state index contributed by atoms with van der Waals surface area (Å²) >= 11 is 0. The second-order valence-electron chi connectivity index (χ2n) is 9.54. The minimum atomic E-state index is -4.98. The molecule has 41 heavy (non-hydrogen) atoms. The SMILES string of the molecule is CCCCC(=O)Nc1ccc(-c2nc(-c3ccc(CCCC)cc3)nc(-c3n[nH]c(CC(=O)C(F)(F)F)n3)n2)cc1. The number of amides is 1. The molecule has 0 saturated heterocycles. The normalized spacial score (nSPS) is 11.4. The van der Waals surface area contributed by atoms with Crippen LogP contribution in [0.3, 0.4) is 0 Å². The van der Waals surface area contributed by atoms with Crippen LogP contribution in [0.2, 0.25) is 0 Å². The molecule has 4 aromatic rings. The van der Waals surface area contributed by atoms with E-state index < -0.39 is 18.4 Å². The molecule has 1 amide bonds. The number of ketones is 1. The van der Waals surface area contributed by atoms with Crippen LogP contribution in [-0.4, -0.2) is 48.0 Å². The van der Waals surface area contributed by atoms with Crippen LogP contribution >= 0.6 is 0 Å². The Bertz CT molecular complexity index is 1480. The highest BCUT2D eigenvalue weighted by Gasteiger charge is 2.38. The van der Waals surface area contributed by atoms with Crippen molar-refractivity contribution in [3.8, 4) is 34.4 Å². The van der Waals surface area contributed by atoms with Crippen LogP contribution in [0.1, 0.15) is 57.3 Å². The van der Waals surface area contributed by atoms with Crippen molar-refractivity contribution in [3.63, 3.8) is 0 Å². The summed E-state index contributed by atoms with van der Waals surface area (Å²) in [5.41, 5.74) is 3.12. The van der Waals surface area contributed by atoms with Gasteiger partial charge in [0, 0.05) is 23.2 Å². The molecule has 0 aliphatic rings. The molecule has 0 atom stereocenters. The number of anilines is 1. The number of nitrogens with zero attached hydrogens (tertiary/aromatic N) is 5. The van der Waals surface area contributed by atoms with Crippen LogP contribution in [0.5, 0.6) is 0 Å². The van der Waals surface area contributed by atoms with Gasteiger partial charge in [-0.3, -0.25) is 14.7 Å². The van der Waals surface area contributed by atoms with E-state index in [1.54, 1.807) is 24.3 Å². The fourth-order valence-corrected chi connectivity index (χ4v) is 3.93. The third-order valence-electron chi connectivity index (χ3n) is 6.23. The Balaban J connectivity index is 1.67. The van der Waals surface area contributed by atoms with Gasteiger partial charge in [-0.2, -0.15) is 13.2 Å². The molecular weight excluding hydrogens is 535 g/mol. The van der Waals surface area contributed by atoms with Crippen molar-refractivity contribution >= 4 is 17.4 Å². The zero-order chi connectivity index (χ0) is 29.4. The van der Waals surface area contributed by atoms with Gasteiger partial charge in [-0.25, -0.2) is 19.9 Å². The summed E-state index contributed by atoms with van der Waals surface area (Å²) < 4.78 is 38.2. The predicted octanol–water partition coefficient (Wildman–Crippen LogP) is 6.14. The van der Waals surface area contributed by atoms with Gasteiger partial charge in [0.25, 0.3) is 0 Å². The van der Waals surface area contributed by atoms with Gasteiger partial charge in [0.15, 0.2) is 11.6 Å². The first-order valence-corrected chi connectivity index (χ1v) is 13.4. The summed E-state index contributed by atoms with van der Waals surface area (Å²) in [7, 11) is 0. The van der Waals surface area contributed by atoms with Crippen LogP contribution in [0.25, 0.3) is 34.4 Å². The smallest absolute Gasteiger partial charge is 0.326 e. The Hall–Kier alpha value is -4.48. The number of nitrogens with one attached hydrogen (secondary N) is 2. The molecule has 2 heterocycles. The van der Waals surface area contributed by atoms with E-state index in [4.69, 9.17) is 0 Å². The average molecular weight is 566 g/mol. The molecule has 0 spiro atoms. The first kappa shape index (κ1) is 29.5. The summed E-state index contributed by atoms with van der Waals surface area (Å²) in [6, 6.07) is 14.8. The van der Waals surface area contributed by atoms with E-state index in [0.717, 1.165) is 32.1 Å². The van der Waals surface area contributed by atoms with Crippen LogP contribution < -0.4 is 5.32 Å². The van der Waals surface area contributed by atoms with Gasteiger partial charge in [0.1, 0.15) is 5.82 Å². The number of aryl methyl sites for hydroxylation is 1. The van der Waals surface area contributed by atoms with Crippen molar-refractivity contribution in [2.24, 2.45) is 0 Å². The van der Waals surface area contributed by atoms with Gasteiger partial charge in [-0.05, 0) is 49.1 Å². The largest absolute Gasteiger partial charge is 0.450 e. The van der Waals surface area contributed by atoms with Gasteiger partial charge in [0.05, 0.1) is 6.42 Å². The minimum Gasteiger partial charge on any atom is -0.326 e. The maximum atomic E-state index is 12.7. The summed E-state index contributed by atoms with van der Waals surface area (Å²) in [6.07, 6.45) is -0.715. The number of carbonyl (C=O) groups is 2. The fraction of sp³-hybridized carbons (Fsp3) is 0.345. The molecule has 0 fully saturated rings. The van der Waals surface area contributed by atoms with E-state index in [0.29, 0.717) is 29.1 Å². The molecular formula is C29H30F3N7O2. The Morgan fingerprint density at radius 3 is 1.95 bits per heavy atom. The highest BCUT2D eigenvalue weighted by atomic mass is 19.4. The van der Waals surface area contributed by atoms with Crippen molar-refractivity contribution < 1.29 is 22.8 Å². The molecule has 0 aliphatic carbocycles. The maximum absolute atomic E-state index is 12.7. The Morgan fingerprint density at radius 2 is 1.37 bits per heavy atom. The monoisotopic (exact) mass is 565 g/mol. The quantitative estimate of drug-likeness (QED) is 0.211. The van der Waals surface area contributed by atoms with E-state index >= 15 is 0 Å². The molecule has 2 aromatic heterocycles. The van der Waals surface area contributed by atoms with Gasteiger partial charge < -0.3 is 5.32 Å². The van der Waals surface area contributed by atoms with E-state index in [1.165, 1.54) is 5.56 Å².